The van der Waals surface area contributed by atoms with Gasteiger partial charge in [-0.1, -0.05) is 0 Å². The number of carbonyl (C=O) groups excluding carboxylic acids is 2. The van der Waals surface area contributed by atoms with Gasteiger partial charge < -0.3 is 15.5 Å². The predicted octanol–water partition coefficient (Wildman–Crippen LogP) is 0.148. The van der Waals surface area contributed by atoms with Gasteiger partial charge in [-0.2, -0.15) is 11.8 Å². The highest BCUT2D eigenvalue weighted by Crippen LogP contribution is 2.08. The minimum atomic E-state index is 0.0911. The highest BCUT2D eigenvalue weighted by atomic mass is 32.2. The van der Waals surface area contributed by atoms with Gasteiger partial charge in [0.15, 0.2) is 0 Å². The van der Waals surface area contributed by atoms with Crippen LogP contribution in [-0.4, -0.2) is 65.3 Å². The Labute approximate surface area is 113 Å². The Hall–Kier alpha value is -0.750. The summed E-state index contributed by atoms with van der Waals surface area (Å²) in [5.41, 5.74) is 5.65. The van der Waals surface area contributed by atoms with Gasteiger partial charge in [0.1, 0.15) is 0 Å². The number of carbonyl (C=O) groups is 2. The molecule has 18 heavy (non-hydrogen) atoms. The van der Waals surface area contributed by atoms with E-state index in [9.17, 15) is 9.59 Å². The lowest BCUT2D eigenvalue weighted by Gasteiger charge is -2.34. The molecular formula is C12H23N3O2S. The van der Waals surface area contributed by atoms with Crippen molar-refractivity contribution in [1.29, 1.82) is 0 Å². The van der Waals surface area contributed by atoms with E-state index in [1.807, 2.05) is 11.8 Å². The molecule has 1 heterocycles. The van der Waals surface area contributed by atoms with E-state index in [0.717, 1.165) is 12.2 Å². The molecule has 1 unspecified atom stereocenters. The molecule has 1 atom stereocenters. The minimum absolute atomic E-state index is 0.0911. The second-order valence-electron chi connectivity index (χ2n) is 4.71. The van der Waals surface area contributed by atoms with Gasteiger partial charge >= 0.3 is 0 Å². The summed E-state index contributed by atoms with van der Waals surface area (Å²) in [6.45, 7) is 6.18. The Bertz CT molecular complexity index is 289. The summed E-state index contributed by atoms with van der Waals surface area (Å²) in [6, 6.07) is 0.201. The number of amides is 2. The molecule has 2 N–H and O–H groups in total. The molecule has 2 amide bonds. The summed E-state index contributed by atoms with van der Waals surface area (Å²) in [5.74, 6) is 1.71. The average molecular weight is 273 g/mol. The molecule has 0 aromatic rings. The number of thioether (sulfide) groups is 1. The highest BCUT2D eigenvalue weighted by molar-refractivity contribution is 7.99. The number of hydrogen-bond donors (Lipinski definition) is 1. The van der Waals surface area contributed by atoms with Crippen molar-refractivity contribution in [3.05, 3.63) is 0 Å². The second-order valence-corrected chi connectivity index (χ2v) is 5.81. The average Bonchev–Trinajstić information content (AvgIpc) is 2.34. The van der Waals surface area contributed by atoms with Crippen molar-refractivity contribution < 1.29 is 9.59 Å². The van der Waals surface area contributed by atoms with Gasteiger partial charge in [-0.05, 0) is 19.1 Å². The van der Waals surface area contributed by atoms with Crippen LogP contribution in [-0.2, 0) is 9.59 Å². The van der Waals surface area contributed by atoms with Crippen molar-refractivity contribution in [3.8, 4) is 0 Å². The number of rotatable bonds is 5. The molecule has 0 bridgehead atoms. The van der Waals surface area contributed by atoms with Gasteiger partial charge in [0.05, 0.1) is 5.75 Å². The van der Waals surface area contributed by atoms with Crippen molar-refractivity contribution in [2.45, 2.75) is 26.3 Å². The molecule has 5 nitrogen and oxygen atoms in total. The fraction of sp³-hybridized carbons (Fsp3) is 0.833. The molecule has 0 saturated carbocycles. The first-order valence-corrected chi connectivity index (χ1v) is 7.52. The molecule has 0 aromatic carbocycles. The van der Waals surface area contributed by atoms with Crippen LogP contribution in [0.5, 0.6) is 0 Å². The van der Waals surface area contributed by atoms with Crippen LogP contribution in [0.25, 0.3) is 0 Å². The fourth-order valence-electron chi connectivity index (χ4n) is 1.79. The third kappa shape index (κ3) is 5.27. The Kier molecular flexibility index (Phi) is 6.49. The molecule has 1 saturated heterocycles. The summed E-state index contributed by atoms with van der Waals surface area (Å²) in [4.78, 5) is 26.7. The zero-order chi connectivity index (χ0) is 13.5. The van der Waals surface area contributed by atoms with Crippen molar-refractivity contribution in [3.63, 3.8) is 0 Å². The normalized spacial score (nSPS) is 17.7. The van der Waals surface area contributed by atoms with E-state index in [1.165, 1.54) is 0 Å². The summed E-state index contributed by atoms with van der Waals surface area (Å²) in [5, 5.41) is 0. The lowest BCUT2D eigenvalue weighted by Crippen LogP contribution is -2.50. The maximum atomic E-state index is 11.9. The Morgan fingerprint density at radius 2 is 1.78 bits per heavy atom. The van der Waals surface area contributed by atoms with E-state index in [0.29, 0.717) is 31.9 Å². The standard InChI is InChI=1S/C12H23N3O2S/c1-10(13)3-8-18-9-12(17)15-6-4-14(5-7-15)11(2)16/h10H,3-9,13H2,1-2H3. The minimum Gasteiger partial charge on any atom is -0.339 e. The molecule has 104 valence electrons. The van der Waals surface area contributed by atoms with E-state index in [4.69, 9.17) is 5.73 Å². The van der Waals surface area contributed by atoms with Crippen molar-refractivity contribution in [2.75, 3.05) is 37.7 Å². The van der Waals surface area contributed by atoms with Crippen LogP contribution in [0.2, 0.25) is 0 Å². The molecule has 0 aliphatic carbocycles. The van der Waals surface area contributed by atoms with Crippen molar-refractivity contribution >= 4 is 23.6 Å². The third-order valence-electron chi connectivity index (χ3n) is 3.02. The second kappa shape index (κ2) is 7.63. The molecular weight excluding hydrogens is 250 g/mol. The van der Waals surface area contributed by atoms with Crippen LogP contribution in [0.4, 0.5) is 0 Å². The Balaban J connectivity index is 2.18. The van der Waals surface area contributed by atoms with Gasteiger partial charge in [0.25, 0.3) is 0 Å². The van der Waals surface area contributed by atoms with Crippen LogP contribution in [0, 0.1) is 0 Å². The Morgan fingerprint density at radius 3 is 2.28 bits per heavy atom. The number of hydrogen-bond acceptors (Lipinski definition) is 4. The Morgan fingerprint density at radius 1 is 1.22 bits per heavy atom. The van der Waals surface area contributed by atoms with Crippen molar-refractivity contribution in [1.82, 2.24) is 9.80 Å². The van der Waals surface area contributed by atoms with Crippen molar-refractivity contribution in [2.24, 2.45) is 5.73 Å². The van der Waals surface area contributed by atoms with Crippen LogP contribution < -0.4 is 5.73 Å². The SMILES string of the molecule is CC(=O)N1CCN(C(=O)CSCCC(C)N)CC1. The van der Waals surface area contributed by atoms with Crippen LogP contribution in [0.15, 0.2) is 0 Å². The fourth-order valence-corrected chi connectivity index (χ4v) is 2.83. The zero-order valence-electron chi connectivity index (χ0n) is 11.2. The lowest BCUT2D eigenvalue weighted by atomic mass is 10.3. The maximum absolute atomic E-state index is 11.9. The first-order chi connectivity index (χ1) is 8.50. The molecule has 0 aromatic heterocycles. The van der Waals surface area contributed by atoms with E-state index in [1.54, 1.807) is 23.6 Å². The molecule has 0 spiro atoms. The van der Waals surface area contributed by atoms with Crippen LogP contribution in [0.3, 0.4) is 0 Å². The monoisotopic (exact) mass is 273 g/mol. The van der Waals surface area contributed by atoms with E-state index in [-0.39, 0.29) is 17.9 Å². The summed E-state index contributed by atoms with van der Waals surface area (Å²) < 4.78 is 0. The highest BCUT2D eigenvalue weighted by Gasteiger charge is 2.21. The molecule has 0 radical (unpaired) electrons. The van der Waals surface area contributed by atoms with Gasteiger partial charge in [0.2, 0.25) is 11.8 Å². The van der Waals surface area contributed by atoms with E-state index < -0.39 is 0 Å². The van der Waals surface area contributed by atoms with Crippen LogP contribution in [0.1, 0.15) is 20.3 Å². The van der Waals surface area contributed by atoms with Crippen LogP contribution >= 0.6 is 11.8 Å². The third-order valence-corrected chi connectivity index (χ3v) is 4.00. The largest absolute Gasteiger partial charge is 0.339 e. The predicted molar refractivity (Wildman–Crippen MR) is 74.4 cm³/mol. The van der Waals surface area contributed by atoms with Gasteiger partial charge in [-0.15, -0.1) is 0 Å². The molecule has 1 aliphatic heterocycles. The summed E-state index contributed by atoms with van der Waals surface area (Å²) in [7, 11) is 0. The number of nitrogens with zero attached hydrogens (tertiary/aromatic N) is 2. The summed E-state index contributed by atoms with van der Waals surface area (Å²) in [6.07, 6.45) is 0.941. The lowest BCUT2D eigenvalue weighted by molar-refractivity contribution is -0.136. The van der Waals surface area contributed by atoms with Gasteiger partial charge in [-0.25, -0.2) is 0 Å². The quantitative estimate of drug-likeness (QED) is 0.724. The van der Waals surface area contributed by atoms with Gasteiger partial charge in [0, 0.05) is 39.1 Å². The smallest absolute Gasteiger partial charge is 0.232 e. The molecule has 1 aliphatic rings. The van der Waals surface area contributed by atoms with E-state index in [2.05, 4.69) is 0 Å². The molecule has 1 fully saturated rings. The first-order valence-electron chi connectivity index (χ1n) is 6.37. The zero-order valence-corrected chi connectivity index (χ0v) is 12.0. The maximum Gasteiger partial charge on any atom is 0.232 e. The summed E-state index contributed by atoms with van der Waals surface area (Å²) >= 11 is 1.64. The first kappa shape index (κ1) is 15.3. The van der Waals surface area contributed by atoms with E-state index >= 15 is 0 Å². The topological polar surface area (TPSA) is 66.6 Å². The molecule has 1 rings (SSSR count). The molecule has 6 heteroatoms. The number of piperazine rings is 1. The van der Waals surface area contributed by atoms with Gasteiger partial charge in [-0.3, -0.25) is 9.59 Å². The number of nitrogens with two attached hydrogens (primary N) is 1.